The van der Waals surface area contributed by atoms with Crippen LogP contribution in [0.15, 0.2) is 23.1 Å². The number of aryl methyl sites for hydroxylation is 1. The number of aromatic nitrogens is 4. The van der Waals surface area contributed by atoms with Gasteiger partial charge < -0.3 is 14.7 Å². The minimum absolute atomic E-state index is 0.0116. The van der Waals surface area contributed by atoms with Crippen LogP contribution in [0, 0.1) is 6.92 Å². The number of alkyl halides is 3. The summed E-state index contributed by atoms with van der Waals surface area (Å²) in [6, 6.07) is 0.914. The van der Waals surface area contributed by atoms with Gasteiger partial charge in [0.25, 0.3) is 5.71 Å². The average molecular weight is 399 g/mol. The first kappa shape index (κ1) is 17.8. The topological polar surface area (TPSA) is 80.0 Å². The van der Waals surface area contributed by atoms with Gasteiger partial charge in [0, 0.05) is 25.3 Å². The minimum atomic E-state index is -4.47. The molecule has 1 fully saturated rings. The van der Waals surface area contributed by atoms with E-state index in [2.05, 4.69) is 25.4 Å². The van der Waals surface area contributed by atoms with Crippen LogP contribution in [0.2, 0.25) is 5.02 Å². The molecule has 4 heterocycles. The van der Waals surface area contributed by atoms with Crippen molar-refractivity contribution in [3.05, 3.63) is 34.9 Å². The van der Waals surface area contributed by atoms with Gasteiger partial charge in [-0.15, -0.1) is 0 Å². The number of nitrogens with zero attached hydrogens (tertiary/aromatic N) is 5. The molecule has 142 valence electrons. The molecule has 0 bridgehead atoms. The monoisotopic (exact) mass is 398 g/mol. The Kier molecular flexibility index (Phi) is 4.29. The predicted molar refractivity (Wildman–Crippen MR) is 92.8 cm³/mol. The van der Waals surface area contributed by atoms with E-state index in [0.29, 0.717) is 41.5 Å². The van der Waals surface area contributed by atoms with Crippen LogP contribution >= 0.6 is 11.6 Å². The third kappa shape index (κ3) is 3.36. The zero-order chi connectivity index (χ0) is 19.2. The summed E-state index contributed by atoms with van der Waals surface area (Å²) < 4.78 is 43.4. The molecule has 4 rings (SSSR count). The van der Waals surface area contributed by atoms with Gasteiger partial charge >= 0.3 is 6.18 Å². The van der Waals surface area contributed by atoms with Crippen LogP contribution in [0.5, 0.6) is 0 Å². The number of halogens is 4. The fourth-order valence-corrected chi connectivity index (χ4v) is 3.40. The molecule has 0 radical (unpaired) electrons. The van der Waals surface area contributed by atoms with Crippen molar-refractivity contribution in [2.24, 2.45) is 0 Å². The molecule has 0 aromatic carbocycles. The summed E-state index contributed by atoms with van der Waals surface area (Å²) in [5.74, 6) is 0.944. The highest BCUT2D eigenvalue weighted by Crippen LogP contribution is 2.34. The van der Waals surface area contributed by atoms with E-state index in [4.69, 9.17) is 16.1 Å². The number of rotatable bonds is 3. The number of pyridine rings is 1. The molecule has 0 spiro atoms. The SMILES string of the molecule is Cc1noc2ncnc(NC3CCN(c4ncc(C(F)(F)F)cc4Cl)C3)c12. The van der Waals surface area contributed by atoms with Crippen LogP contribution in [-0.4, -0.2) is 39.2 Å². The van der Waals surface area contributed by atoms with Crippen molar-refractivity contribution in [1.82, 2.24) is 20.1 Å². The van der Waals surface area contributed by atoms with E-state index in [1.807, 2.05) is 4.90 Å². The smallest absolute Gasteiger partial charge is 0.365 e. The lowest BCUT2D eigenvalue weighted by molar-refractivity contribution is -0.137. The molecule has 3 aromatic heterocycles. The number of anilines is 2. The Balaban J connectivity index is 1.51. The van der Waals surface area contributed by atoms with Crippen LogP contribution in [0.3, 0.4) is 0 Å². The van der Waals surface area contributed by atoms with Crippen LogP contribution in [0.1, 0.15) is 17.7 Å². The van der Waals surface area contributed by atoms with E-state index < -0.39 is 11.7 Å². The molecule has 1 unspecified atom stereocenters. The lowest BCUT2D eigenvalue weighted by Gasteiger charge is -2.20. The molecule has 0 saturated carbocycles. The Labute approximate surface area is 156 Å². The number of hydrogen-bond acceptors (Lipinski definition) is 7. The van der Waals surface area contributed by atoms with Crippen LogP contribution < -0.4 is 10.2 Å². The summed E-state index contributed by atoms with van der Waals surface area (Å²) in [4.78, 5) is 14.0. The summed E-state index contributed by atoms with van der Waals surface area (Å²) >= 11 is 6.04. The molecule has 0 aliphatic carbocycles. The quantitative estimate of drug-likeness (QED) is 0.720. The second-order valence-electron chi connectivity index (χ2n) is 6.27. The fraction of sp³-hybridized carbons (Fsp3) is 0.375. The van der Waals surface area contributed by atoms with Gasteiger partial charge in [-0.25, -0.2) is 9.97 Å². The van der Waals surface area contributed by atoms with Crippen LogP contribution in [0.4, 0.5) is 24.8 Å². The van der Waals surface area contributed by atoms with Crippen molar-refractivity contribution in [3.63, 3.8) is 0 Å². The molecule has 1 aliphatic rings. The average Bonchev–Trinajstić information content (AvgIpc) is 3.22. The normalized spacial score (nSPS) is 17.7. The molecule has 3 aromatic rings. The number of hydrogen-bond donors (Lipinski definition) is 1. The Morgan fingerprint density at radius 2 is 2.11 bits per heavy atom. The van der Waals surface area contributed by atoms with E-state index >= 15 is 0 Å². The fourth-order valence-electron chi connectivity index (χ4n) is 3.11. The lowest BCUT2D eigenvalue weighted by Crippen LogP contribution is -2.27. The molecule has 1 N–H and O–H groups in total. The third-order valence-corrected chi connectivity index (χ3v) is 4.70. The Morgan fingerprint density at radius 1 is 1.30 bits per heavy atom. The number of fused-ring (bicyclic) bond motifs is 1. The zero-order valence-corrected chi connectivity index (χ0v) is 14.8. The molecular formula is C16H14ClF3N6O. The standard InChI is InChI=1S/C16H14ClF3N6O/c1-8-12-13(22-7-23-15(12)27-25-8)24-10-2-3-26(6-10)14-11(17)4-9(5-21-14)16(18,19)20/h4-5,7,10H,2-3,6H2,1H3,(H,22,23,24). The summed E-state index contributed by atoms with van der Waals surface area (Å²) in [6.45, 7) is 2.92. The van der Waals surface area contributed by atoms with E-state index in [9.17, 15) is 13.2 Å². The van der Waals surface area contributed by atoms with Gasteiger partial charge in [0.2, 0.25) is 0 Å². The van der Waals surface area contributed by atoms with Crippen molar-refractivity contribution in [2.75, 3.05) is 23.3 Å². The second kappa shape index (κ2) is 6.52. The molecule has 1 atom stereocenters. The van der Waals surface area contributed by atoms with Gasteiger partial charge in [-0.3, -0.25) is 0 Å². The van der Waals surface area contributed by atoms with Crippen molar-refractivity contribution in [3.8, 4) is 0 Å². The van der Waals surface area contributed by atoms with Gasteiger partial charge in [0.1, 0.15) is 23.3 Å². The maximum absolute atomic E-state index is 12.8. The van der Waals surface area contributed by atoms with Gasteiger partial charge in [0.05, 0.1) is 16.3 Å². The van der Waals surface area contributed by atoms with Crippen molar-refractivity contribution < 1.29 is 17.7 Å². The molecule has 11 heteroatoms. The van der Waals surface area contributed by atoms with Crippen LogP contribution in [0.25, 0.3) is 11.1 Å². The maximum atomic E-state index is 12.8. The van der Waals surface area contributed by atoms with Crippen molar-refractivity contribution in [2.45, 2.75) is 25.6 Å². The van der Waals surface area contributed by atoms with Gasteiger partial charge in [-0.05, 0) is 19.4 Å². The molecule has 1 aliphatic heterocycles. The highest BCUT2D eigenvalue weighted by molar-refractivity contribution is 6.33. The first-order chi connectivity index (χ1) is 12.8. The number of nitrogens with one attached hydrogen (secondary N) is 1. The first-order valence-electron chi connectivity index (χ1n) is 8.14. The van der Waals surface area contributed by atoms with E-state index in [1.54, 1.807) is 6.92 Å². The highest BCUT2D eigenvalue weighted by atomic mass is 35.5. The van der Waals surface area contributed by atoms with Crippen molar-refractivity contribution in [1.29, 1.82) is 0 Å². The second-order valence-corrected chi connectivity index (χ2v) is 6.68. The summed E-state index contributed by atoms with van der Waals surface area (Å²) in [6.07, 6.45) is -1.54. The molecular weight excluding hydrogens is 385 g/mol. The Bertz CT molecular complexity index is 992. The molecule has 1 saturated heterocycles. The molecule has 0 amide bonds. The van der Waals surface area contributed by atoms with Gasteiger partial charge in [-0.1, -0.05) is 16.8 Å². The zero-order valence-electron chi connectivity index (χ0n) is 14.1. The van der Waals surface area contributed by atoms with E-state index in [0.717, 1.165) is 18.7 Å². The van der Waals surface area contributed by atoms with E-state index in [1.165, 1.54) is 6.33 Å². The minimum Gasteiger partial charge on any atom is -0.365 e. The predicted octanol–water partition coefficient (Wildman–Crippen LogP) is 3.68. The summed E-state index contributed by atoms with van der Waals surface area (Å²) in [5.41, 5.74) is 0.208. The summed E-state index contributed by atoms with van der Waals surface area (Å²) in [7, 11) is 0. The van der Waals surface area contributed by atoms with Gasteiger partial charge in [0.15, 0.2) is 0 Å². The Hall–Kier alpha value is -2.62. The molecule has 7 nitrogen and oxygen atoms in total. The highest BCUT2D eigenvalue weighted by Gasteiger charge is 2.33. The van der Waals surface area contributed by atoms with E-state index in [-0.39, 0.29) is 11.1 Å². The van der Waals surface area contributed by atoms with Gasteiger partial charge in [-0.2, -0.15) is 18.2 Å². The van der Waals surface area contributed by atoms with Crippen molar-refractivity contribution >= 4 is 34.3 Å². The Morgan fingerprint density at radius 3 is 2.85 bits per heavy atom. The molecule has 27 heavy (non-hydrogen) atoms. The maximum Gasteiger partial charge on any atom is 0.417 e. The van der Waals surface area contributed by atoms with Crippen LogP contribution in [-0.2, 0) is 6.18 Å². The largest absolute Gasteiger partial charge is 0.417 e. The third-order valence-electron chi connectivity index (χ3n) is 4.42. The lowest BCUT2D eigenvalue weighted by atomic mass is 10.2. The first-order valence-corrected chi connectivity index (χ1v) is 8.52. The summed E-state index contributed by atoms with van der Waals surface area (Å²) in [5, 5.41) is 7.89.